The minimum Gasteiger partial charge on any atom is -0.481 e. The monoisotopic (exact) mass is 307 g/mol. The number of thiazole rings is 1. The van der Waals surface area contributed by atoms with Crippen LogP contribution in [-0.4, -0.2) is 34.1 Å². The minimum atomic E-state index is -0.856. The molecule has 1 atom stereocenters. The van der Waals surface area contributed by atoms with Crippen molar-refractivity contribution in [1.29, 1.82) is 0 Å². The molecule has 7 nitrogen and oxygen atoms in total. The molecule has 1 aromatic heterocycles. The molecule has 1 aromatic carbocycles. The number of carbonyl (C=O) groups is 1. The van der Waals surface area contributed by atoms with Crippen LogP contribution in [0.1, 0.15) is 11.4 Å². The number of carboxylic acid groups (broad SMARTS) is 1. The summed E-state index contributed by atoms with van der Waals surface area (Å²) in [5.41, 5.74) is 1.19. The molecule has 8 heteroatoms. The van der Waals surface area contributed by atoms with E-state index in [0.717, 1.165) is 15.2 Å². The highest BCUT2D eigenvalue weighted by Crippen LogP contribution is 2.37. The Bertz CT molecular complexity index is 742. The zero-order valence-corrected chi connectivity index (χ0v) is 12.1. The number of benzene rings is 1. The number of hydrogen-bond acceptors (Lipinski definition) is 6. The van der Waals surface area contributed by atoms with E-state index in [9.17, 15) is 14.9 Å². The van der Waals surface area contributed by atoms with E-state index in [0.29, 0.717) is 25.2 Å². The standard InChI is InChI=1S/C13H13N3O4S/c1-7-14-9-4-10(11(16(19)20)5-12(9)21-7)15-3-2-8(6-15)13(17)18/h4-5,8H,2-3,6H2,1H3,(H,17,18). The zero-order chi connectivity index (χ0) is 15.1. The fourth-order valence-corrected chi connectivity index (χ4v) is 3.49. The zero-order valence-electron chi connectivity index (χ0n) is 11.3. The van der Waals surface area contributed by atoms with Crippen molar-refractivity contribution in [1.82, 2.24) is 4.98 Å². The Kier molecular flexibility index (Phi) is 3.25. The maximum Gasteiger partial charge on any atom is 0.308 e. The quantitative estimate of drug-likeness (QED) is 0.691. The van der Waals surface area contributed by atoms with Crippen LogP contribution in [0.3, 0.4) is 0 Å². The molecule has 3 rings (SSSR count). The average molecular weight is 307 g/mol. The SMILES string of the molecule is Cc1nc2cc(N3CCC(C(=O)O)C3)c([N+](=O)[O-])cc2s1. The highest BCUT2D eigenvalue weighted by Gasteiger charge is 2.32. The second-order valence-corrected chi connectivity index (χ2v) is 6.30. The number of nitro groups is 1. The van der Waals surface area contributed by atoms with E-state index in [1.54, 1.807) is 11.0 Å². The average Bonchev–Trinajstić information content (AvgIpc) is 3.01. The number of aromatic nitrogens is 1. The predicted octanol–water partition coefficient (Wildman–Crippen LogP) is 2.42. The molecule has 2 aromatic rings. The lowest BCUT2D eigenvalue weighted by Crippen LogP contribution is -2.23. The van der Waals surface area contributed by atoms with Gasteiger partial charge < -0.3 is 10.0 Å². The molecule has 0 amide bonds. The Morgan fingerprint density at radius 1 is 1.57 bits per heavy atom. The number of nitro benzene ring substituents is 1. The Morgan fingerprint density at radius 3 is 2.95 bits per heavy atom. The summed E-state index contributed by atoms with van der Waals surface area (Å²) in [5.74, 6) is -1.33. The van der Waals surface area contributed by atoms with Gasteiger partial charge in [-0.3, -0.25) is 14.9 Å². The number of fused-ring (bicyclic) bond motifs is 1. The maximum absolute atomic E-state index is 11.3. The van der Waals surface area contributed by atoms with Crippen molar-refractivity contribution in [3.63, 3.8) is 0 Å². The number of aryl methyl sites for hydroxylation is 1. The van der Waals surface area contributed by atoms with Crippen molar-refractivity contribution in [2.75, 3.05) is 18.0 Å². The molecule has 2 heterocycles. The minimum absolute atomic E-state index is 0.0113. The molecule has 1 aliphatic rings. The molecular formula is C13H13N3O4S. The van der Waals surface area contributed by atoms with Gasteiger partial charge in [0, 0.05) is 19.2 Å². The summed E-state index contributed by atoms with van der Waals surface area (Å²) < 4.78 is 0.775. The van der Waals surface area contributed by atoms with Gasteiger partial charge >= 0.3 is 5.97 Å². The summed E-state index contributed by atoms with van der Waals surface area (Å²) in [7, 11) is 0. The molecule has 110 valence electrons. The summed E-state index contributed by atoms with van der Waals surface area (Å²) in [6.07, 6.45) is 0.501. The Balaban J connectivity index is 2.06. The van der Waals surface area contributed by atoms with Crippen LogP contribution in [0.4, 0.5) is 11.4 Å². The van der Waals surface area contributed by atoms with Crippen LogP contribution in [0.2, 0.25) is 0 Å². The third-order valence-corrected chi connectivity index (χ3v) is 4.60. The molecule has 1 N–H and O–H groups in total. The normalized spacial score (nSPS) is 18.3. The van der Waals surface area contributed by atoms with E-state index >= 15 is 0 Å². The van der Waals surface area contributed by atoms with Crippen molar-refractivity contribution in [3.8, 4) is 0 Å². The summed E-state index contributed by atoms with van der Waals surface area (Å²) in [4.78, 5) is 28.0. The molecule has 0 aliphatic carbocycles. The highest BCUT2D eigenvalue weighted by molar-refractivity contribution is 7.18. The molecule has 0 spiro atoms. The van der Waals surface area contributed by atoms with Crippen LogP contribution in [0.15, 0.2) is 12.1 Å². The number of nitrogens with zero attached hydrogens (tertiary/aromatic N) is 3. The third kappa shape index (κ3) is 2.42. The molecule has 1 saturated heterocycles. The number of aliphatic carboxylic acids is 1. The van der Waals surface area contributed by atoms with Crippen molar-refractivity contribution < 1.29 is 14.8 Å². The van der Waals surface area contributed by atoms with E-state index < -0.39 is 16.8 Å². The number of carboxylic acids is 1. The van der Waals surface area contributed by atoms with Crippen molar-refractivity contribution in [2.45, 2.75) is 13.3 Å². The van der Waals surface area contributed by atoms with Crippen LogP contribution in [0, 0.1) is 23.0 Å². The maximum atomic E-state index is 11.3. The fourth-order valence-electron chi connectivity index (χ4n) is 2.65. The van der Waals surface area contributed by atoms with Crippen molar-refractivity contribution >= 4 is 38.9 Å². The largest absolute Gasteiger partial charge is 0.481 e. The van der Waals surface area contributed by atoms with Gasteiger partial charge in [-0.1, -0.05) is 0 Å². The van der Waals surface area contributed by atoms with E-state index in [4.69, 9.17) is 5.11 Å². The molecule has 0 bridgehead atoms. The van der Waals surface area contributed by atoms with Gasteiger partial charge in [-0.25, -0.2) is 4.98 Å². The third-order valence-electron chi connectivity index (χ3n) is 3.67. The van der Waals surface area contributed by atoms with E-state index in [-0.39, 0.29) is 5.69 Å². The summed E-state index contributed by atoms with van der Waals surface area (Å²) in [5, 5.41) is 21.2. The summed E-state index contributed by atoms with van der Waals surface area (Å²) >= 11 is 1.41. The molecule has 21 heavy (non-hydrogen) atoms. The van der Waals surface area contributed by atoms with Crippen LogP contribution < -0.4 is 4.90 Å². The first-order valence-electron chi connectivity index (χ1n) is 6.49. The van der Waals surface area contributed by atoms with Crippen LogP contribution >= 0.6 is 11.3 Å². The topological polar surface area (TPSA) is 96.6 Å². The van der Waals surface area contributed by atoms with Gasteiger partial charge in [-0.2, -0.15) is 0 Å². The lowest BCUT2D eigenvalue weighted by Gasteiger charge is -2.17. The van der Waals surface area contributed by atoms with E-state index in [1.165, 1.54) is 17.4 Å². The predicted molar refractivity (Wildman–Crippen MR) is 79.0 cm³/mol. The smallest absolute Gasteiger partial charge is 0.308 e. The first kappa shape index (κ1) is 13.7. The van der Waals surface area contributed by atoms with Gasteiger partial charge in [0.2, 0.25) is 0 Å². The lowest BCUT2D eigenvalue weighted by atomic mass is 10.1. The summed E-state index contributed by atoms with van der Waals surface area (Å²) in [6.45, 7) is 2.66. The van der Waals surface area contributed by atoms with Crippen LogP contribution in [-0.2, 0) is 4.79 Å². The van der Waals surface area contributed by atoms with Gasteiger partial charge in [-0.15, -0.1) is 11.3 Å². The molecular weight excluding hydrogens is 294 g/mol. The Morgan fingerprint density at radius 2 is 2.33 bits per heavy atom. The number of rotatable bonds is 3. The first-order valence-corrected chi connectivity index (χ1v) is 7.30. The molecule has 1 unspecified atom stereocenters. The second-order valence-electron chi connectivity index (χ2n) is 5.07. The molecule has 1 fully saturated rings. The lowest BCUT2D eigenvalue weighted by molar-refractivity contribution is -0.384. The van der Waals surface area contributed by atoms with Crippen LogP contribution in [0.5, 0.6) is 0 Å². The highest BCUT2D eigenvalue weighted by atomic mass is 32.1. The summed E-state index contributed by atoms with van der Waals surface area (Å²) in [6, 6.07) is 3.23. The fraction of sp³-hybridized carbons (Fsp3) is 0.385. The van der Waals surface area contributed by atoms with E-state index in [1.807, 2.05) is 6.92 Å². The molecule has 1 aliphatic heterocycles. The van der Waals surface area contributed by atoms with Crippen molar-refractivity contribution in [2.24, 2.45) is 5.92 Å². The van der Waals surface area contributed by atoms with Crippen molar-refractivity contribution in [3.05, 3.63) is 27.3 Å². The van der Waals surface area contributed by atoms with E-state index in [2.05, 4.69) is 4.98 Å². The Hall–Kier alpha value is -2.22. The van der Waals surface area contributed by atoms with Crippen LogP contribution in [0.25, 0.3) is 10.2 Å². The number of hydrogen-bond donors (Lipinski definition) is 1. The van der Waals surface area contributed by atoms with Gasteiger partial charge in [0.25, 0.3) is 5.69 Å². The molecule has 0 radical (unpaired) electrons. The van der Waals surface area contributed by atoms with Gasteiger partial charge in [-0.05, 0) is 19.4 Å². The first-order chi connectivity index (χ1) is 9.95. The van der Waals surface area contributed by atoms with Gasteiger partial charge in [0.15, 0.2) is 0 Å². The molecule has 0 saturated carbocycles. The second kappa shape index (κ2) is 4.96. The Labute approximate surface area is 124 Å². The van der Waals surface area contributed by atoms with Gasteiger partial charge in [0.1, 0.15) is 5.69 Å². The van der Waals surface area contributed by atoms with Gasteiger partial charge in [0.05, 0.1) is 26.1 Å². The number of anilines is 1.